The Bertz CT molecular complexity index is 417. The van der Waals surface area contributed by atoms with Crippen molar-refractivity contribution in [2.24, 2.45) is 0 Å². The summed E-state index contributed by atoms with van der Waals surface area (Å²) in [5, 5.41) is 9.36. The standard InChI is InChI=1S/C12H16N2O3.H3N/c13-11-2-1-10(15)7-9(11)8-12(16)14-3-5-17-6-4-14;/h1-2,7,15H,3-6,8,13H2;1H3. The van der Waals surface area contributed by atoms with Gasteiger partial charge in [0.1, 0.15) is 5.75 Å². The Morgan fingerprint density at radius 1 is 1.39 bits per heavy atom. The average molecular weight is 253 g/mol. The minimum atomic E-state index is 0. The summed E-state index contributed by atoms with van der Waals surface area (Å²) in [6, 6.07) is 4.66. The maximum Gasteiger partial charge on any atom is 0.227 e. The molecule has 1 aromatic rings. The van der Waals surface area contributed by atoms with Crippen LogP contribution in [0.3, 0.4) is 0 Å². The number of rotatable bonds is 2. The monoisotopic (exact) mass is 253 g/mol. The lowest BCUT2D eigenvalue weighted by Gasteiger charge is -2.27. The van der Waals surface area contributed by atoms with E-state index in [4.69, 9.17) is 10.5 Å². The van der Waals surface area contributed by atoms with Crippen molar-refractivity contribution in [1.82, 2.24) is 11.1 Å². The van der Waals surface area contributed by atoms with Gasteiger partial charge in [0.2, 0.25) is 5.91 Å². The summed E-state index contributed by atoms with van der Waals surface area (Å²) in [4.78, 5) is 13.7. The molecule has 0 bridgehead atoms. The van der Waals surface area contributed by atoms with Gasteiger partial charge in [-0.25, -0.2) is 0 Å². The molecule has 0 spiro atoms. The number of hydrogen-bond acceptors (Lipinski definition) is 5. The molecule has 1 aliphatic heterocycles. The van der Waals surface area contributed by atoms with E-state index in [1.165, 1.54) is 12.1 Å². The highest BCUT2D eigenvalue weighted by Crippen LogP contribution is 2.19. The summed E-state index contributed by atoms with van der Waals surface area (Å²) in [6.45, 7) is 2.41. The maximum absolute atomic E-state index is 12.0. The van der Waals surface area contributed by atoms with Gasteiger partial charge in [0.25, 0.3) is 0 Å². The Hall–Kier alpha value is -1.79. The van der Waals surface area contributed by atoms with E-state index in [0.29, 0.717) is 37.6 Å². The molecule has 6 heteroatoms. The Kier molecular flexibility index (Phi) is 4.94. The molecular formula is C12H19N3O3. The number of ether oxygens (including phenoxy) is 1. The van der Waals surface area contributed by atoms with Crippen LogP contribution in [0.5, 0.6) is 5.75 Å². The minimum Gasteiger partial charge on any atom is -0.508 e. The summed E-state index contributed by atoms with van der Waals surface area (Å²) in [5.74, 6) is 0.148. The second kappa shape index (κ2) is 6.23. The molecule has 6 nitrogen and oxygen atoms in total. The number of carbonyl (C=O) groups is 1. The molecule has 1 amide bonds. The zero-order chi connectivity index (χ0) is 12.3. The first-order chi connectivity index (χ1) is 8.16. The van der Waals surface area contributed by atoms with Gasteiger partial charge in [0.05, 0.1) is 19.6 Å². The zero-order valence-electron chi connectivity index (χ0n) is 10.3. The van der Waals surface area contributed by atoms with Gasteiger partial charge in [-0.1, -0.05) is 0 Å². The molecule has 1 aliphatic rings. The molecule has 2 rings (SSSR count). The van der Waals surface area contributed by atoms with Crippen LogP contribution >= 0.6 is 0 Å². The van der Waals surface area contributed by atoms with Crippen LogP contribution < -0.4 is 11.9 Å². The molecule has 0 radical (unpaired) electrons. The van der Waals surface area contributed by atoms with E-state index in [0.717, 1.165) is 0 Å². The molecule has 6 N–H and O–H groups in total. The van der Waals surface area contributed by atoms with Crippen LogP contribution in [0.4, 0.5) is 5.69 Å². The van der Waals surface area contributed by atoms with Gasteiger partial charge in [-0.3, -0.25) is 4.79 Å². The van der Waals surface area contributed by atoms with Crippen LogP contribution in [0.1, 0.15) is 5.56 Å². The molecule has 1 fully saturated rings. The molecule has 0 aliphatic carbocycles. The molecule has 1 saturated heterocycles. The fraction of sp³-hybridized carbons (Fsp3) is 0.417. The van der Waals surface area contributed by atoms with Gasteiger partial charge in [-0.05, 0) is 23.8 Å². The van der Waals surface area contributed by atoms with Crippen molar-refractivity contribution in [2.75, 3.05) is 32.0 Å². The topological polar surface area (TPSA) is 111 Å². The number of carbonyl (C=O) groups excluding carboxylic acids is 1. The first-order valence-electron chi connectivity index (χ1n) is 5.59. The van der Waals surface area contributed by atoms with Crippen molar-refractivity contribution in [2.45, 2.75) is 6.42 Å². The van der Waals surface area contributed by atoms with Gasteiger partial charge in [0, 0.05) is 18.8 Å². The third kappa shape index (κ3) is 3.35. The molecule has 0 atom stereocenters. The van der Waals surface area contributed by atoms with E-state index >= 15 is 0 Å². The lowest BCUT2D eigenvalue weighted by atomic mass is 10.1. The quantitative estimate of drug-likeness (QED) is 0.526. The third-order valence-corrected chi connectivity index (χ3v) is 2.83. The van der Waals surface area contributed by atoms with E-state index in [1.807, 2.05) is 0 Å². The van der Waals surface area contributed by atoms with Crippen LogP contribution in [0.2, 0.25) is 0 Å². The van der Waals surface area contributed by atoms with Gasteiger partial charge in [-0.2, -0.15) is 0 Å². The predicted molar refractivity (Wildman–Crippen MR) is 68.6 cm³/mol. The first kappa shape index (κ1) is 14.3. The molecule has 0 saturated carbocycles. The summed E-state index contributed by atoms with van der Waals surface area (Å²) < 4.78 is 5.18. The van der Waals surface area contributed by atoms with Gasteiger partial charge < -0.3 is 26.6 Å². The lowest BCUT2D eigenvalue weighted by molar-refractivity contribution is -0.134. The van der Waals surface area contributed by atoms with Crippen molar-refractivity contribution in [1.29, 1.82) is 0 Å². The van der Waals surface area contributed by atoms with Crippen LogP contribution in [0, 0.1) is 0 Å². The Balaban J connectivity index is 0.00000162. The fourth-order valence-electron chi connectivity index (χ4n) is 1.83. The summed E-state index contributed by atoms with van der Waals surface area (Å²) in [6.07, 6.45) is 0.222. The normalized spacial score (nSPS) is 15.0. The van der Waals surface area contributed by atoms with Crippen LogP contribution in [-0.4, -0.2) is 42.2 Å². The highest BCUT2D eigenvalue weighted by atomic mass is 16.5. The van der Waals surface area contributed by atoms with Crippen LogP contribution in [-0.2, 0) is 16.0 Å². The largest absolute Gasteiger partial charge is 0.508 e. The number of nitrogens with two attached hydrogens (primary N) is 1. The van der Waals surface area contributed by atoms with Crippen molar-refractivity contribution in [3.05, 3.63) is 23.8 Å². The number of hydrogen-bond donors (Lipinski definition) is 3. The fourth-order valence-corrected chi connectivity index (χ4v) is 1.83. The number of morpholine rings is 1. The Morgan fingerprint density at radius 3 is 2.72 bits per heavy atom. The lowest BCUT2D eigenvalue weighted by Crippen LogP contribution is -2.41. The maximum atomic E-state index is 12.0. The Labute approximate surface area is 106 Å². The van der Waals surface area contributed by atoms with E-state index in [1.54, 1.807) is 11.0 Å². The number of phenolic OH excluding ortho intramolecular Hbond substituents is 1. The van der Waals surface area contributed by atoms with Gasteiger partial charge in [0.15, 0.2) is 0 Å². The van der Waals surface area contributed by atoms with E-state index < -0.39 is 0 Å². The highest BCUT2D eigenvalue weighted by Gasteiger charge is 2.17. The van der Waals surface area contributed by atoms with Crippen LogP contribution in [0.25, 0.3) is 0 Å². The SMILES string of the molecule is N.Nc1ccc(O)cc1CC(=O)N1CCOCC1. The number of phenols is 1. The summed E-state index contributed by atoms with van der Waals surface area (Å²) in [5.41, 5.74) is 6.96. The summed E-state index contributed by atoms with van der Waals surface area (Å²) in [7, 11) is 0. The van der Waals surface area contributed by atoms with Gasteiger partial charge >= 0.3 is 0 Å². The first-order valence-corrected chi connectivity index (χ1v) is 5.59. The predicted octanol–water partition coefficient (Wildman–Crippen LogP) is 0.538. The molecule has 18 heavy (non-hydrogen) atoms. The number of nitrogens with zero attached hydrogens (tertiary/aromatic N) is 1. The Morgan fingerprint density at radius 2 is 2.06 bits per heavy atom. The molecule has 1 heterocycles. The zero-order valence-corrected chi connectivity index (χ0v) is 10.3. The minimum absolute atomic E-state index is 0. The van der Waals surface area contributed by atoms with Gasteiger partial charge in [-0.15, -0.1) is 0 Å². The highest BCUT2D eigenvalue weighted by molar-refractivity contribution is 5.80. The second-order valence-electron chi connectivity index (χ2n) is 4.05. The number of nitrogen functional groups attached to an aromatic ring is 1. The molecular weight excluding hydrogens is 234 g/mol. The number of benzene rings is 1. The number of amides is 1. The second-order valence-corrected chi connectivity index (χ2v) is 4.05. The molecule has 0 aromatic heterocycles. The van der Waals surface area contributed by atoms with Crippen molar-refractivity contribution in [3.8, 4) is 5.75 Å². The molecule has 0 unspecified atom stereocenters. The van der Waals surface area contributed by atoms with E-state index in [-0.39, 0.29) is 24.2 Å². The van der Waals surface area contributed by atoms with Crippen molar-refractivity contribution in [3.63, 3.8) is 0 Å². The van der Waals surface area contributed by atoms with E-state index in [9.17, 15) is 9.90 Å². The van der Waals surface area contributed by atoms with Crippen molar-refractivity contribution >= 4 is 11.6 Å². The summed E-state index contributed by atoms with van der Waals surface area (Å²) >= 11 is 0. The average Bonchev–Trinajstić information content (AvgIpc) is 2.35. The number of aromatic hydroxyl groups is 1. The van der Waals surface area contributed by atoms with E-state index in [2.05, 4.69) is 0 Å². The smallest absolute Gasteiger partial charge is 0.227 e. The third-order valence-electron chi connectivity index (χ3n) is 2.83. The molecule has 1 aromatic carbocycles. The van der Waals surface area contributed by atoms with Crippen molar-refractivity contribution < 1.29 is 14.6 Å². The van der Waals surface area contributed by atoms with Crippen LogP contribution in [0.15, 0.2) is 18.2 Å². The molecule has 100 valence electrons. The number of anilines is 1.